The number of hydrogen-bond acceptors (Lipinski definition) is 2. The van der Waals surface area contributed by atoms with E-state index in [4.69, 9.17) is 0 Å². The number of rotatable bonds is 2. The number of aromatic nitrogens is 2. The Morgan fingerprint density at radius 3 is 2.52 bits per heavy atom. The van der Waals surface area contributed by atoms with Crippen LogP contribution in [0.4, 0.5) is 17.6 Å². The topological polar surface area (TPSA) is 45.8 Å². The standard InChI is InChI=1S/C13H9BrF4N2O/c1-2-9-10(14)12(21)20-11(19-9)6-3-7(13(16,17)18)5-8(15)4-6/h3-5H,2H2,1H3,(H,19,20,21). The Hall–Kier alpha value is -1.70. The van der Waals surface area contributed by atoms with Crippen LogP contribution in [0.2, 0.25) is 0 Å². The van der Waals surface area contributed by atoms with Gasteiger partial charge in [0.1, 0.15) is 16.1 Å². The van der Waals surface area contributed by atoms with Gasteiger partial charge in [0.15, 0.2) is 0 Å². The molecule has 0 aliphatic heterocycles. The highest BCUT2D eigenvalue weighted by Crippen LogP contribution is 2.32. The van der Waals surface area contributed by atoms with Gasteiger partial charge in [-0.15, -0.1) is 0 Å². The maximum atomic E-state index is 13.4. The third-order valence-electron chi connectivity index (χ3n) is 2.76. The molecule has 0 saturated carbocycles. The van der Waals surface area contributed by atoms with Gasteiger partial charge in [0.2, 0.25) is 0 Å². The first kappa shape index (κ1) is 15.7. The molecule has 1 aromatic heterocycles. The lowest BCUT2D eigenvalue weighted by molar-refractivity contribution is -0.137. The molecule has 0 fully saturated rings. The molecule has 0 bridgehead atoms. The number of hydrogen-bond donors (Lipinski definition) is 1. The van der Waals surface area contributed by atoms with E-state index in [0.29, 0.717) is 18.2 Å². The summed E-state index contributed by atoms with van der Waals surface area (Å²) in [5.74, 6) is -1.16. The van der Waals surface area contributed by atoms with E-state index in [-0.39, 0.29) is 15.9 Å². The van der Waals surface area contributed by atoms with Crippen molar-refractivity contribution in [3.05, 3.63) is 50.1 Å². The van der Waals surface area contributed by atoms with Crippen molar-refractivity contribution in [3.63, 3.8) is 0 Å². The van der Waals surface area contributed by atoms with E-state index in [1.807, 2.05) is 0 Å². The highest BCUT2D eigenvalue weighted by molar-refractivity contribution is 9.10. The minimum atomic E-state index is -4.68. The Morgan fingerprint density at radius 2 is 1.95 bits per heavy atom. The van der Waals surface area contributed by atoms with Crippen LogP contribution in [0.5, 0.6) is 0 Å². The Kier molecular flexibility index (Phi) is 4.18. The summed E-state index contributed by atoms with van der Waals surface area (Å²) < 4.78 is 51.6. The smallest absolute Gasteiger partial charge is 0.306 e. The summed E-state index contributed by atoms with van der Waals surface area (Å²) in [6, 6.07) is 2.02. The molecule has 0 aliphatic carbocycles. The van der Waals surface area contributed by atoms with Crippen molar-refractivity contribution in [2.75, 3.05) is 0 Å². The van der Waals surface area contributed by atoms with Crippen molar-refractivity contribution in [2.45, 2.75) is 19.5 Å². The molecule has 0 spiro atoms. The van der Waals surface area contributed by atoms with Crippen molar-refractivity contribution < 1.29 is 17.6 Å². The zero-order valence-corrected chi connectivity index (χ0v) is 12.3. The average molecular weight is 365 g/mol. The van der Waals surface area contributed by atoms with E-state index in [2.05, 4.69) is 25.9 Å². The van der Waals surface area contributed by atoms with Crippen molar-refractivity contribution in [1.82, 2.24) is 9.97 Å². The average Bonchev–Trinajstić information content (AvgIpc) is 2.40. The second-order valence-corrected chi connectivity index (χ2v) is 5.05. The zero-order valence-electron chi connectivity index (χ0n) is 10.7. The van der Waals surface area contributed by atoms with Crippen molar-refractivity contribution >= 4 is 15.9 Å². The first-order chi connectivity index (χ1) is 9.72. The molecular formula is C13H9BrF4N2O. The molecule has 8 heteroatoms. The first-order valence-corrected chi connectivity index (χ1v) is 6.68. The van der Waals surface area contributed by atoms with Gasteiger partial charge in [-0.05, 0) is 40.5 Å². The minimum Gasteiger partial charge on any atom is -0.306 e. The number of aromatic amines is 1. The number of nitrogens with zero attached hydrogens (tertiary/aromatic N) is 1. The van der Waals surface area contributed by atoms with Crippen LogP contribution in [0.3, 0.4) is 0 Å². The van der Waals surface area contributed by atoms with Gasteiger partial charge in [-0.25, -0.2) is 9.37 Å². The maximum absolute atomic E-state index is 13.4. The van der Waals surface area contributed by atoms with Gasteiger partial charge < -0.3 is 4.98 Å². The quantitative estimate of drug-likeness (QED) is 0.821. The van der Waals surface area contributed by atoms with Crippen LogP contribution in [-0.4, -0.2) is 9.97 Å². The van der Waals surface area contributed by atoms with Gasteiger partial charge in [0.05, 0.1) is 11.3 Å². The molecule has 0 unspecified atom stereocenters. The fourth-order valence-electron chi connectivity index (χ4n) is 1.77. The van der Waals surface area contributed by atoms with Crippen LogP contribution in [0.25, 0.3) is 11.4 Å². The summed E-state index contributed by atoms with van der Waals surface area (Å²) >= 11 is 3.05. The molecule has 0 saturated heterocycles. The van der Waals surface area contributed by atoms with Gasteiger partial charge in [-0.1, -0.05) is 6.92 Å². The normalized spacial score (nSPS) is 11.7. The van der Waals surface area contributed by atoms with E-state index in [1.165, 1.54) is 0 Å². The molecule has 0 radical (unpaired) electrons. The van der Waals surface area contributed by atoms with Gasteiger partial charge in [-0.3, -0.25) is 4.79 Å². The zero-order chi connectivity index (χ0) is 15.8. The number of H-pyrrole nitrogens is 1. The molecule has 21 heavy (non-hydrogen) atoms. The van der Waals surface area contributed by atoms with Crippen LogP contribution in [0.15, 0.2) is 27.5 Å². The third kappa shape index (κ3) is 3.31. The third-order valence-corrected chi connectivity index (χ3v) is 3.58. The molecular weight excluding hydrogens is 356 g/mol. The molecule has 2 rings (SSSR count). The predicted molar refractivity (Wildman–Crippen MR) is 72.3 cm³/mol. The SMILES string of the molecule is CCc1nc(-c2cc(F)cc(C(F)(F)F)c2)[nH]c(=O)c1Br. The summed E-state index contributed by atoms with van der Waals surface area (Å²) in [5, 5.41) is 0. The Labute approximate surface area is 125 Å². The molecule has 0 aliphatic rings. The van der Waals surface area contributed by atoms with E-state index in [1.54, 1.807) is 6.92 Å². The molecule has 3 nitrogen and oxygen atoms in total. The van der Waals surface area contributed by atoms with Crippen molar-refractivity contribution in [3.8, 4) is 11.4 Å². The summed E-state index contributed by atoms with van der Waals surface area (Å²) in [4.78, 5) is 18.1. The van der Waals surface area contributed by atoms with E-state index in [9.17, 15) is 22.4 Å². The molecule has 1 aromatic carbocycles. The molecule has 0 atom stereocenters. The Morgan fingerprint density at radius 1 is 1.29 bits per heavy atom. The first-order valence-electron chi connectivity index (χ1n) is 5.89. The molecule has 2 aromatic rings. The molecule has 112 valence electrons. The van der Waals surface area contributed by atoms with Crippen LogP contribution in [0.1, 0.15) is 18.2 Å². The highest BCUT2D eigenvalue weighted by atomic mass is 79.9. The molecule has 1 heterocycles. The Balaban J connectivity index is 2.65. The number of halogens is 5. The summed E-state index contributed by atoms with van der Waals surface area (Å²) in [6.45, 7) is 1.74. The second kappa shape index (κ2) is 5.59. The van der Waals surface area contributed by atoms with Gasteiger partial charge in [-0.2, -0.15) is 13.2 Å². The van der Waals surface area contributed by atoms with Crippen LogP contribution in [0, 0.1) is 5.82 Å². The number of benzene rings is 1. The lowest BCUT2D eigenvalue weighted by atomic mass is 10.1. The fraction of sp³-hybridized carbons (Fsp3) is 0.231. The summed E-state index contributed by atoms with van der Waals surface area (Å²) in [5.41, 5.74) is -1.43. The van der Waals surface area contributed by atoms with E-state index < -0.39 is 23.1 Å². The number of alkyl halides is 3. The van der Waals surface area contributed by atoms with Crippen molar-refractivity contribution in [2.24, 2.45) is 0 Å². The second-order valence-electron chi connectivity index (χ2n) is 4.26. The minimum absolute atomic E-state index is 0.106. The predicted octanol–water partition coefficient (Wildman–Crippen LogP) is 3.92. The van der Waals surface area contributed by atoms with Crippen molar-refractivity contribution in [1.29, 1.82) is 0 Å². The maximum Gasteiger partial charge on any atom is 0.416 e. The molecule has 1 N–H and O–H groups in total. The summed E-state index contributed by atoms with van der Waals surface area (Å²) in [7, 11) is 0. The van der Waals surface area contributed by atoms with Gasteiger partial charge in [0.25, 0.3) is 5.56 Å². The van der Waals surface area contributed by atoms with Crippen LogP contribution < -0.4 is 5.56 Å². The van der Waals surface area contributed by atoms with Crippen LogP contribution >= 0.6 is 15.9 Å². The lowest BCUT2D eigenvalue weighted by Gasteiger charge is -2.10. The number of nitrogens with one attached hydrogen (secondary N) is 1. The van der Waals surface area contributed by atoms with E-state index in [0.717, 1.165) is 12.1 Å². The largest absolute Gasteiger partial charge is 0.416 e. The number of aryl methyl sites for hydroxylation is 1. The molecule has 0 amide bonds. The van der Waals surface area contributed by atoms with E-state index >= 15 is 0 Å². The van der Waals surface area contributed by atoms with Gasteiger partial charge in [0, 0.05) is 5.56 Å². The van der Waals surface area contributed by atoms with Gasteiger partial charge >= 0.3 is 6.18 Å². The summed E-state index contributed by atoms with van der Waals surface area (Å²) in [6.07, 6.45) is -4.28. The Bertz CT molecular complexity index is 740. The monoisotopic (exact) mass is 364 g/mol. The fourth-order valence-corrected chi connectivity index (χ4v) is 2.23. The lowest BCUT2D eigenvalue weighted by Crippen LogP contribution is -2.14. The highest BCUT2D eigenvalue weighted by Gasteiger charge is 2.31. The van der Waals surface area contributed by atoms with Crippen LogP contribution in [-0.2, 0) is 12.6 Å².